The molecule has 0 aromatic heterocycles. The lowest BCUT2D eigenvalue weighted by molar-refractivity contribution is -0.111. The number of hydrogen-bond donors (Lipinski definition) is 0. The predicted molar refractivity (Wildman–Crippen MR) is 109 cm³/mol. The molecule has 0 radical (unpaired) electrons. The summed E-state index contributed by atoms with van der Waals surface area (Å²) in [5, 5.41) is -0.240. The van der Waals surface area contributed by atoms with E-state index in [4.69, 9.17) is 16.3 Å². The Morgan fingerprint density at radius 2 is 1.85 bits per heavy atom. The minimum Gasteiger partial charge on any atom is -0.371 e. The number of morpholine rings is 1. The van der Waals surface area contributed by atoms with Gasteiger partial charge in [-0.1, -0.05) is 63.3 Å². The zero-order chi connectivity index (χ0) is 18.6. The van der Waals surface area contributed by atoms with Crippen LogP contribution in [0.3, 0.4) is 0 Å². The lowest BCUT2D eigenvalue weighted by Gasteiger charge is -2.33. The third-order valence-electron chi connectivity index (χ3n) is 5.17. The van der Waals surface area contributed by atoms with Gasteiger partial charge in [-0.3, -0.25) is 9.69 Å². The van der Waals surface area contributed by atoms with Crippen LogP contribution in [-0.2, 0) is 16.0 Å². The van der Waals surface area contributed by atoms with Gasteiger partial charge in [-0.2, -0.15) is 0 Å². The van der Waals surface area contributed by atoms with Crippen LogP contribution in [0.5, 0.6) is 0 Å². The number of benzene rings is 1. The van der Waals surface area contributed by atoms with Gasteiger partial charge in [0.05, 0.1) is 12.7 Å². The summed E-state index contributed by atoms with van der Waals surface area (Å²) >= 11 is 5.42. The van der Waals surface area contributed by atoms with Crippen LogP contribution in [0, 0.1) is 0 Å². The highest BCUT2D eigenvalue weighted by molar-refractivity contribution is 6.63. The zero-order valence-corrected chi connectivity index (χ0v) is 17.0. The molecule has 4 heteroatoms. The van der Waals surface area contributed by atoms with Crippen LogP contribution in [-0.4, -0.2) is 36.4 Å². The van der Waals surface area contributed by atoms with Crippen LogP contribution in [0.25, 0.3) is 0 Å². The van der Waals surface area contributed by atoms with Gasteiger partial charge in [0.15, 0.2) is 0 Å². The summed E-state index contributed by atoms with van der Waals surface area (Å²) in [4.78, 5) is 13.2. The molecule has 1 aromatic carbocycles. The molecule has 1 aromatic rings. The van der Waals surface area contributed by atoms with Crippen molar-refractivity contribution in [3.8, 4) is 0 Å². The third-order valence-corrected chi connectivity index (χ3v) is 5.36. The van der Waals surface area contributed by atoms with Gasteiger partial charge in [-0.25, -0.2) is 0 Å². The fourth-order valence-electron chi connectivity index (χ4n) is 3.56. The lowest BCUT2D eigenvalue weighted by Crippen LogP contribution is -2.38. The summed E-state index contributed by atoms with van der Waals surface area (Å²) in [5.41, 5.74) is 2.69. The van der Waals surface area contributed by atoms with Crippen LogP contribution in [0.1, 0.15) is 75.5 Å². The number of nitrogens with zero attached hydrogens (tertiary/aromatic N) is 1. The lowest BCUT2D eigenvalue weighted by atomic mass is 10.0. The minimum atomic E-state index is -0.240. The van der Waals surface area contributed by atoms with Crippen molar-refractivity contribution in [3.05, 3.63) is 35.4 Å². The number of aryl methyl sites for hydroxylation is 1. The van der Waals surface area contributed by atoms with Gasteiger partial charge in [0.1, 0.15) is 0 Å². The van der Waals surface area contributed by atoms with Crippen molar-refractivity contribution in [1.82, 2.24) is 4.90 Å². The van der Waals surface area contributed by atoms with E-state index in [1.54, 1.807) is 0 Å². The standard InChI is InChI=1S/C22H34ClNO2/c1-2-3-4-5-6-7-9-19-11-13-20(14-12-19)21-18-24(16-17-26-21)15-8-10-22(23)25/h11-14,21H,2-10,15-18H2,1H3. The van der Waals surface area contributed by atoms with E-state index in [-0.39, 0.29) is 11.3 Å². The van der Waals surface area contributed by atoms with E-state index in [1.807, 2.05) is 0 Å². The van der Waals surface area contributed by atoms with Gasteiger partial charge in [0, 0.05) is 19.5 Å². The summed E-state index contributed by atoms with van der Waals surface area (Å²) in [6, 6.07) is 8.97. The van der Waals surface area contributed by atoms with E-state index in [9.17, 15) is 4.79 Å². The first kappa shape index (κ1) is 21.4. The summed E-state index contributed by atoms with van der Waals surface area (Å²) in [6.07, 6.45) is 10.7. The first-order chi connectivity index (χ1) is 12.7. The molecule has 3 nitrogen and oxygen atoms in total. The Hall–Kier alpha value is -0.900. The smallest absolute Gasteiger partial charge is 0.221 e. The molecule has 1 aliphatic heterocycles. The van der Waals surface area contributed by atoms with Crippen molar-refractivity contribution in [2.45, 2.75) is 70.8 Å². The molecule has 0 amide bonds. The zero-order valence-electron chi connectivity index (χ0n) is 16.2. The Labute approximate surface area is 164 Å². The number of halogens is 1. The maximum absolute atomic E-state index is 10.9. The quantitative estimate of drug-likeness (QED) is 0.354. The molecule has 0 saturated carbocycles. The van der Waals surface area contributed by atoms with Crippen molar-refractivity contribution < 1.29 is 9.53 Å². The Balaban J connectivity index is 1.72. The average Bonchev–Trinajstić information content (AvgIpc) is 2.65. The molecule has 1 atom stereocenters. The number of ether oxygens (including phenoxy) is 1. The Morgan fingerprint density at radius 3 is 2.58 bits per heavy atom. The van der Waals surface area contributed by atoms with E-state index < -0.39 is 0 Å². The molecule has 2 rings (SSSR count). The molecule has 0 aliphatic carbocycles. The summed E-state index contributed by atoms with van der Waals surface area (Å²) in [6.45, 7) is 5.75. The Morgan fingerprint density at radius 1 is 1.12 bits per heavy atom. The molecule has 1 heterocycles. The van der Waals surface area contributed by atoms with E-state index in [2.05, 4.69) is 36.1 Å². The number of rotatable bonds is 12. The van der Waals surface area contributed by atoms with Gasteiger partial charge >= 0.3 is 0 Å². The molecule has 146 valence electrons. The van der Waals surface area contributed by atoms with E-state index in [0.717, 1.165) is 32.7 Å². The van der Waals surface area contributed by atoms with Crippen molar-refractivity contribution in [2.75, 3.05) is 26.2 Å². The van der Waals surface area contributed by atoms with Gasteiger partial charge in [-0.05, 0) is 48.5 Å². The molecular weight excluding hydrogens is 346 g/mol. The Kier molecular flexibility index (Phi) is 10.3. The van der Waals surface area contributed by atoms with Crippen LogP contribution >= 0.6 is 11.6 Å². The molecule has 1 fully saturated rings. The van der Waals surface area contributed by atoms with Crippen molar-refractivity contribution in [1.29, 1.82) is 0 Å². The first-order valence-corrected chi connectivity index (χ1v) is 10.7. The molecule has 0 bridgehead atoms. The molecule has 0 spiro atoms. The SMILES string of the molecule is CCCCCCCCc1ccc(C2CN(CCCC(=O)Cl)CCO2)cc1. The second kappa shape index (κ2) is 12.5. The van der Waals surface area contributed by atoms with Crippen LogP contribution in [0.15, 0.2) is 24.3 Å². The maximum atomic E-state index is 10.9. The van der Waals surface area contributed by atoms with E-state index >= 15 is 0 Å². The molecule has 1 saturated heterocycles. The third kappa shape index (κ3) is 8.20. The molecular formula is C22H34ClNO2. The number of hydrogen-bond acceptors (Lipinski definition) is 3. The fraction of sp³-hybridized carbons (Fsp3) is 0.682. The summed E-state index contributed by atoms with van der Waals surface area (Å²) in [7, 11) is 0. The van der Waals surface area contributed by atoms with E-state index in [1.165, 1.54) is 56.1 Å². The second-order valence-electron chi connectivity index (χ2n) is 7.38. The van der Waals surface area contributed by atoms with Crippen molar-refractivity contribution >= 4 is 16.8 Å². The molecule has 1 aliphatic rings. The average molecular weight is 380 g/mol. The van der Waals surface area contributed by atoms with Crippen LogP contribution in [0.2, 0.25) is 0 Å². The fourth-order valence-corrected chi connectivity index (χ4v) is 3.69. The predicted octanol–water partition coefficient (Wildman–Crippen LogP) is 5.51. The van der Waals surface area contributed by atoms with E-state index in [0.29, 0.717) is 6.42 Å². The normalized spacial score (nSPS) is 18.2. The first-order valence-electron chi connectivity index (χ1n) is 10.3. The van der Waals surface area contributed by atoms with Crippen LogP contribution < -0.4 is 0 Å². The number of unbranched alkanes of at least 4 members (excludes halogenated alkanes) is 5. The van der Waals surface area contributed by atoms with Crippen molar-refractivity contribution in [2.24, 2.45) is 0 Å². The van der Waals surface area contributed by atoms with Gasteiger partial charge in [0.25, 0.3) is 0 Å². The second-order valence-corrected chi connectivity index (χ2v) is 7.80. The highest BCUT2D eigenvalue weighted by Crippen LogP contribution is 2.23. The topological polar surface area (TPSA) is 29.5 Å². The number of carbonyl (C=O) groups is 1. The summed E-state index contributed by atoms with van der Waals surface area (Å²) in [5.74, 6) is 0. The largest absolute Gasteiger partial charge is 0.371 e. The van der Waals surface area contributed by atoms with Gasteiger partial charge < -0.3 is 4.74 Å². The monoisotopic (exact) mass is 379 g/mol. The molecule has 0 N–H and O–H groups in total. The van der Waals surface area contributed by atoms with Gasteiger partial charge in [-0.15, -0.1) is 0 Å². The minimum absolute atomic E-state index is 0.138. The summed E-state index contributed by atoms with van der Waals surface area (Å²) < 4.78 is 5.96. The Bertz CT molecular complexity index is 517. The number of carbonyl (C=O) groups excluding carboxylic acids is 1. The highest BCUT2D eigenvalue weighted by Gasteiger charge is 2.21. The van der Waals surface area contributed by atoms with Crippen molar-refractivity contribution in [3.63, 3.8) is 0 Å². The molecule has 26 heavy (non-hydrogen) atoms. The van der Waals surface area contributed by atoms with Gasteiger partial charge in [0.2, 0.25) is 5.24 Å². The van der Waals surface area contributed by atoms with Crippen LogP contribution in [0.4, 0.5) is 0 Å². The highest BCUT2D eigenvalue weighted by atomic mass is 35.5. The maximum Gasteiger partial charge on any atom is 0.221 e. The molecule has 1 unspecified atom stereocenters.